The second-order valence-electron chi connectivity index (χ2n) is 3.95. The van der Waals surface area contributed by atoms with Crippen molar-refractivity contribution in [1.29, 1.82) is 0 Å². The van der Waals surface area contributed by atoms with Crippen LogP contribution in [0.15, 0.2) is 0 Å². The van der Waals surface area contributed by atoms with Crippen LogP contribution in [0.2, 0.25) is 0 Å². The number of carboxylic acid groups (broad SMARTS) is 1. The van der Waals surface area contributed by atoms with Crippen LogP contribution in [0, 0.1) is 5.92 Å². The quantitative estimate of drug-likeness (QED) is 0.637. The number of amides is 2. The molecule has 1 aliphatic carbocycles. The van der Waals surface area contributed by atoms with E-state index in [1.165, 1.54) is 6.42 Å². The Morgan fingerprint density at radius 3 is 2.53 bits per heavy atom. The van der Waals surface area contributed by atoms with Crippen LogP contribution in [0.3, 0.4) is 0 Å². The van der Waals surface area contributed by atoms with Gasteiger partial charge in [0, 0.05) is 6.54 Å². The van der Waals surface area contributed by atoms with E-state index in [9.17, 15) is 9.59 Å². The molecule has 1 fully saturated rings. The van der Waals surface area contributed by atoms with Gasteiger partial charge in [0.05, 0.1) is 0 Å². The van der Waals surface area contributed by atoms with Crippen LogP contribution in [0.1, 0.15) is 32.6 Å². The normalized spacial score (nSPS) is 17.7. The van der Waals surface area contributed by atoms with Crippen LogP contribution in [-0.4, -0.2) is 29.7 Å². The van der Waals surface area contributed by atoms with Crippen molar-refractivity contribution in [2.45, 2.75) is 38.6 Å². The van der Waals surface area contributed by atoms with Gasteiger partial charge in [-0.15, -0.1) is 0 Å². The van der Waals surface area contributed by atoms with E-state index in [1.54, 1.807) is 6.92 Å². The van der Waals surface area contributed by atoms with E-state index in [0.29, 0.717) is 18.9 Å². The summed E-state index contributed by atoms with van der Waals surface area (Å²) in [5.74, 6) is -0.406. The first kappa shape index (κ1) is 11.8. The largest absolute Gasteiger partial charge is 0.480 e. The number of carboxylic acids is 1. The van der Waals surface area contributed by atoms with Crippen molar-refractivity contribution < 1.29 is 14.7 Å². The maximum atomic E-state index is 11.3. The zero-order valence-corrected chi connectivity index (χ0v) is 8.95. The van der Waals surface area contributed by atoms with Crippen molar-refractivity contribution in [3.8, 4) is 0 Å². The van der Waals surface area contributed by atoms with Crippen LogP contribution in [-0.2, 0) is 4.79 Å². The molecule has 5 heteroatoms. The standard InChI is InChI=1S/C10H18N2O3/c1-2-8(9(13)14)12-10(15)11-6-7-4-3-5-7/h7-8H,2-6H2,1H3,(H,13,14)(H2,11,12,15)/t8-/m1/s1. The summed E-state index contributed by atoms with van der Waals surface area (Å²) < 4.78 is 0. The number of nitrogens with one attached hydrogen (secondary N) is 2. The molecular formula is C10H18N2O3. The Morgan fingerprint density at radius 2 is 2.13 bits per heavy atom. The lowest BCUT2D eigenvalue weighted by Gasteiger charge is -2.25. The lowest BCUT2D eigenvalue weighted by molar-refractivity contribution is -0.139. The molecule has 86 valence electrons. The van der Waals surface area contributed by atoms with Crippen molar-refractivity contribution in [3.63, 3.8) is 0 Å². The van der Waals surface area contributed by atoms with Gasteiger partial charge in [-0.3, -0.25) is 0 Å². The highest BCUT2D eigenvalue weighted by Gasteiger charge is 2.20. The molecule has 0 unspecified atom stereocenters. The van der Waals surface area contributed by atoms with Gasteiger partial charge in [-0.2, -0.15) is 0 Å². The van der Waals surface area contributed by atoms with E-state index in [-0.39, 0.29) is 6.03 Å². The molecule has 2 amide bonds. The van der Waals surface area contributed by atoms with Crippen molar-refractivity contribution in [3.05, 3.63) is 0 Å². The average Bonchev–Trinajstić information content (AvgIpc) is 2.11. The second kappa shape index (κ2) is 5.58. The third-order valence-corrected chi connectivity index (χ3v) is 2.79. The maximum absolute atomic E-state index is 11.3. The van der Waals surface area contributed by atoms with Crippen molar-refractivity contribution in [2.24, 2.45) is 5.92 Å². The summed E-state index contributed by atoms with van der Waals surface area (Å²) in [6.07, 6.45) is 3.96. The van der Waals surface area contributed by atoms with E-state index < -0.39 is 12.0 Å². The molecule has 1 saturated carbocycles. The predicted octanol–water partition coefficient (Wildman–Crippen LogP) is 0.949. The number of hydrogen-bond donors (Lipinski definition) is 3. The van der Waals surface area contributed by atoms with Gasteiger partial charge in [0.2, 0.25) is 0 Å². The SMILES string of the molecule is CC[C@@H](NC(=O)NCC1CCC1)C(=O)O. The van der Waals surface area contributed by atoms with E-state index in [0.717, 1.165) is 12.8 Å². The average molecular weight is 214 g/mol. The molecular weight excluding hydrogens is 196 g/mol. The topological polar surface area (TPSA) is 78.4 Å². The highest BCUT2D eigenvalue weighted by atomic mass is 16.4. The summed E-state index contributed by atoms with van der Waals surface area (Å²) in [5, 5.41) is 13.8. The number of carbonyl (C=O) groups excluding carboxylic acids is 1. The minimum Gasteiger partial charge on any atom is -0.480 e. The fourth-order valence-electron chi connectivity index (χ4n) is 1.48. The first-order chi connectivity index (χ1) is 7.13. The van der Waals surface area contributed by atoms with Crippen LogP contribution < -0.4 is 10.6 Å². The van der Waals surface area contributed by atoms with Crippen molar-refractivity contribution in [2.75, 3.05) is 6.54 Å². The highest BCUT2D eigenvalue weighted by Crippen LogP contribution is 2.24. The Morgan fingerprint density at radius 1 is 1.47 bits per heavy atom. The number of rotatable bonds is 5. The molecule has 0 aromatic carbocycles. The number of hydrogen-bond acceptors (Lipinski definition) is 2. The zero-order valence-electron chi connectivity index (χ0n) is 8.95. The summed E-state index contributed by atoms with van der Waals surface area (Å²) in [5.41, 5.74) is 0. The fourth-order valence-corrected chi connectivity index (χ4v) is 1.48. The zero-order chi connectivity index (χ0) is 11.3. The summed E-state index contributed by atoms with van der Waals surface area (Å²) in [7, 11) is 0. The van der Waals surface area contributed by atoms with Gasteiger partial charge in [-0.25, -0.2) is 9.59 Å². The molecule has 0 bridgehead atoms. The van der Waals surface area contributed by atoms with E-state index in [2.05, 4.69) is 10.6 Å². The van der Waals surface area contributed by atoms with Gasteiger partial charge in [0.15, 0.2) is 0 Å². The Labute approximate surface area is 89.2 Å². The number of aliphatic carboxylic acids is 1. The van der Waals surface area contributed by atoms with Crippen LogP contribution in [0.4, 0.5) is 4.79 Å². The third-order valence-electron chi connectivity index (χ3n) is 2.79. The molecule has 0 aromatic rings. The van der Waals surface area contributed by atoms with Crippen LogP contribution in [0.5, 0.6) is 0 Å². The Bertz CT molecular complexity index is 239. The predicted molar refractivity (Wildman–Crippen MR) is 55.6 cm³/mol. The summed E-state index contributed by atoms with van der Waals surface area (Å²) in [6.45, 7) is 2.38. The maximum Gasteiger partial charge on any atom is 0.326 e. The smallest absolute Gasteiger partial charge is 0.326 e. The lowest BCUT2D eigenvalue weighted by Crippen LogP contribution is -2.47. The van der Waals surface area contributed by atoms with Crippen molar-refractivity contribution in [1.82, 2.24) is 10.6 Å². The molecule has 3 N–H and O–H groups in total. The van der Waals surface area contributed by atoms with Gasteiger partial charge >= 0.3 is 12.0 Å². The van der Waals surface area contributed by atoms with Gasteiger partial charge in [0.1, 0.15) is 6.04 Å². The minimum absolute atomic E-state index is 0.379. The molecule has 1 aliphatic rings. The van der Waals surface area contributed by atoms with Crippen molar-refractivity contribution >= 4 is 12.0 Å². The van der Waals surface area contributed by atoms with Gasteiger partial charge in [-0.1, -0.05) is 13.3 Å². The molecule has 0 heterocycles. The highest BCUT2D eigenvalue weighted by molar-refractivity contribution is 5.82. The van der Waals surface area contributed by atoms with Gasteiger partial charge < -0.3 is 15.7 Å². The van der Waals surface area contributed by atoms with E-state index >= 15 is 0 Å². The molecule has 5 nitrogen and oxygen atoms in total. The molecule has 0 spiro atoms. The molecule has 0 aliphatic heterocycles. The van der Waals surface area contributed by atoms with E-state index in [1.807, 2.05) is 0 Å². The fraction of sp³-hybridized carbons (Fsp3) is 0.800. The molecule has 0 saturated heterocycles. The summed E-state index contributed by atoms with van der Waals surface area (Å²) >= 11 is 0. The first-order valence-electron chi connectivity index (χ1n) is 5.40. The second-order valence-corrected chi connectivity index (χ2v) is 3.95. The van der Waals surface area contributed by atoms with Gasteiger partial charge in [-0.05, 0) is 25.2 Å². The molecule has 0 aromatic heterocycles. The Hall–Kier alpha value is -1.26. The summed E-state index contributed by atoms with van der Waals surface area (Å²) in [6, 6.07) is -1.16. The summed E-state index contributed by atoms with van der Waals surface area (Å²) in [4.78, 5) is 21.9. The van der Waals surface area contributed by atoms with Crippen LogP contribution in [0.25, 0.3) is 0 Å². The van der Waals surface area contributed by atoms with Crippen LogP contribution >= 0.6 is 0 Å². The van der Waals surface area contributed by atoms with E-state index in [4.69, 9.17) is 5.11 Å². The minimum atomic E-state index is -0.990. The molecule has 15 heavy (non-hydrogen) atoms. The Balaban J connectivity index is 2.18. The number of carbonyl (C=O) groups is 2. The first-order valence-corrected chi connectivity index (χ1v) is 5.40. The molecule has 1 atom stereocenters. The molecule has 1 rings (SSSR count). The van der Waals surface area contributed by atoms with Gasteiger partial charge in [0.25, 0.3) is 0 Å². The third kappa shape index (κ3) is 3.77. The number of urea groups is 1. The molecule has 0 radical (unpaired) electrons. The Kier molecular flexibility index (Phi) is 4.39. The monoisotopic (exact) mass is 214 g/mol. The lowest BCUT2D eigenvalue weighted by atomic mass is 9.85.